The number of rotatable bonds is 3. The van der Waals surface area contributed by atoms with Crippen LogP contribution in [0.3, 0.4) is 0 Å². The maximum Gasteiger partial charge on any atom is 0.235 e. The summed E-state index contributed by atoms with van der Waals surface area (Å²) in [5.41, 5.74) is 0.767. The van der Waals surface area contributed by atoms with Crippen LogP contribution in [0, 0.1) is 5.92 Å². The Morgan fingerprint density at radius 1 is 1.00 bits per heavy atom. The highest BCUT2D eigenvalue weighted by Crippen LogP contribution is 2.36. The topological polar surface area (TPSA) is 46.6 Å². The molecule has 4 nitrogen and oxygen atoms in total. The molecule has 136 valence electrons. The maximum absolute atomic E-state index is 13.4. The molecule has 1 amide bonds. The first kappa shape index (κ1) is 17.9. The Morgan fingerprint density at radius 2 is 1.67 bits per heavy atom. The molecule has 2 aromatic rings. The lowest BCUT2D eigenvalue weighted by Crippen LogP contribution is -2.60. The summed E-state index contributed by atoms with van der Waals surface area (Å²) < 4.78 is 7.17. The molecule has 1 aliphatic carbocycles. The van der Waals surface area contributed by atoms with Gasteiger partial charge in [0.05, 0.1) is 12.5 Å². The fourth-order valence-corrected chi connectivity index (χ4v) is 3.71. The molecule has 27 heavy (non-hydrogen) atoms. The van der Waals surface area contributed by atoms with Gasteiger partial charge in [0.2, 0.25) is 5.91 Å². The van der Waals surface area contributed by atoms with Gasteiger partial charge in [-0.15, -0.1) is 0 Å². The second-order valence-corrected chi connectivity index (χ2v) is 7.58. The van der Waals surface area contributed by atoms with Gasteiger partial charge in [0.1, 0.15) is 0 Å². The molecule has 0 aromatic heterocycles. The van der Waals surface area contributed by atoms with Crippen molar-refractivity contribution in [2.45, 2.75) is 12.1 Å². The molecule has 2 aromatic carbocycles. The number of amides is 1. The molecule has 1 fully saturated rings. The normalized spacial score (nSPS) is 21.1. The van der Waals surface area contributed by atoms with E-state index in [2.05, 4.69) is 15.9 Å². The van der Waals surface area contributed by atoms with Crippen molar-refractivity contribution in [2.24, 2.45) is 5.92 Å². The molecule has 0 saturated carbocycles. The first-order valence-corrected chi connectivity index (χ1v) is 9.57. The van der Waals surface area contributed by atoms with E-state index in [4.69, 9.17) is 4.74 Å². The number of anilines is 1. The number of ether oxygens (including phenoxy) is 1. The summed E-state index contributed by atoms with van der Waals surface area (Å²) in [6.45, 7) is 0.293. The van der Waals surface area contributed by atoms with Crippen LogP contribution in [0.4, 0.5) is 5.69 Å². The van der Waals surface area contributed by atoms with Gasteiger partial charge in [-0.1, -0.05) is 46.3 Å². The third kappa shape index (κ3) is 3.53. The quantitative estimate of drug-likeness (QED) is 0.747. The summed E-state index contributed by atoms with van der Waals surface area (Å²) in [6.07, 6.45) is 6.83. The summed E-state index contributed by atoms with van der Waals surface area (Å²) in [5.74, 6) is -0.419. The Hall–Kier alpha value is -2.50. The summed E-state index contributed by atoms with van der Waals surface area (Å²) in [6, 6.07) is 17.4. The lowest BCUT2D eigenvalue weighted by Gasteiger charge is -2.46. The van der Waals surface area contributed by atoms with Crippen molar-refractivity contribution >= 4 is 33.3 Å². The fraction of sp³-hybridized carbons (Fsp3) is 0.182. The molecule has 1 atom stereocenters. The predicted molar refractivity (Wildman–Crippen MR) is 107 cm³/mol. The molecule has 1 heterocycles. The van der Waals surface area contributed by atoms with Gasteiger partial charge >= 0.3 is 0 Å². The second-order valence-electron chi connectivity index (χ2n) is 6.67. The van der Waals surface area contributed by atoms with Gasteiger partial charge in [0.25, 0.3) is 0 Å². The van der Waals surface area contributed by atoms with Crippen LogP contribution in [0.25, 0.3) is 0 Å². The van der Waals surface area contributed by atoms with Crippen molar-refractivity contribution in [1.29, 1.82) is 0 Å². The predicted octanol–water partition coefficient (Wildman–Crippen LogP) is 4.06. The summed E-state index contributed by atoms with van der Waals surface area (Å²) in [7, 11) is 0. The zero-order valence-electron chi connectivity index (χ0n) is 14.5. The average Bonchev–Trinajstić information content (AvgIpc) is 2.69. The number of allylic oxidation sites excluding steroid dienone is 2. The monoisotopic (exact) mass is 423 g/mol. The zero-order chi connectivity index (χ0) is 18.9. The maximum atomic E-state index is 13.4. The van der Waals surface area contributed by atoms with Crippen molar-refractivity contribution in [1.82, 2.24) is 0 Å². The highest BCUT2D eigenvalue weighted by molar-refractivity contribution is 9.10. The van der Waals surface area contributed by atoms with Crippen LogP contribution >= 0.6 is 15.9 Å². The first-order valence-electron chi connectivity index (χ1n) is 8.77. The van der Waals surface area contributed by atoms with Crippen molar-refractivity contribution in [3.8, 4) is 0 Å². The largest absolute Gasteiger partial charge is 0.347 e. The Labute approximate surface area is 166 Å². The number of carbonyl (C=O) groups excluding carboxylic acids is 2. The van der Waals surface area contributed by atoms with E-state index in [1.165, 1.54) is 12.2 Å². The molecule has 0 N–H and O–H groups in total. The minimum Gasteiger partial charge on any atom is -0.347 e. The van der Waals surface area contributed by atoms with E-state index >= 15 is 0 Å². The summed E-state index contributed by atoms with van der Waals surface area (Å²) >= 11 is 3.43. The Kier molecular flexibility index (Phi) is 4.81. The molecular weight excluding hydrogens is 406 g/mol. The van der Waals surface area contributed by atoms with Gasteiger partial charge in [-0.25, -0.2) is 0 Å². The van der Waals surface area contributed by atoms with Gasteiger partial charge in [0, 0.05) is 10.2 Å². The van der Waals surface area contributed by atoms with E-state index in [0.29, 0.717) is 13.0 Å². The first-order chi connectivity index (χ1) is 13.1. The van der Waals surface area contributed by atoms with Crippen LogP contribution in [0.5, 0.6) is 0 Å². The van der Waals surface area contributed by atoms with E-state index in [0.717, 1.165) is 15.7 Å². The minimum absolute atomic E-state index is 0.0148. The van der Waals surface area contributed by atoms with Gasteiger partial charge < -0.3 is 4.74 Å². The lowest BCUT2D eigenvalue weighted by molar-refractivity contribution is -0.138. The third-order valence-corrected chi connectivity index (χ3v) is 5.35. The Balaban J connectivity index is 1.68. The van der Waals surface area contributed by atoms with Crippen LogP contribution < -0.4 is 4.90 Å². The highest BCUT2D eigenvalue weighted by Gasteiger charge is 2.46. The highest BCUT2D eigenvalue weighted by atomic mass is 79.9. The number of benzene rings is 2. The van der Waals surface area contributed by atoms with Gasteiger partial charge in [-0.05, 0) is 60.6 Å². The van der Waals surface area contributed by atoms with Gasteiger partial charge in [-0.2, -0.15) is 0 Å². The smallest absolute Gasteiger partial charge is 0.235 e. The van der Waals surface area contributed by atoms with Crippen LogP contribution in [0.15, 0.2) is 83.4 Å². The molecule has 0 radical (unpaired) electrons. The minimum atomic E-state index is -1.05. The molecule has 1 saturated heterocycles. The fourth-order valence-electron chi connectivity index (χ4n) is 3.44. The number of hydrogen-bond acceptors (Lipinski definition) is 3. The number of nitrogens with zero attached hydrogens (tertiary/aromatic N) is 1. The zero-order valence-corrected chi connectivity index (χ0v) is 16.1. The van der Waals surface area contributed by atoms with Crippen molar-refractivity contribution in [3.63, 3.8) is 0 Å². The number of halogens is 1. The Bertz CT molecular complexity index is 902. The molecule has 1 aliphatic heterocycles. The molecule has 1 unspecified atom stereocenters. The van der Waals surface area contributed by atoms with Crippen LogP contribution in [0.1, 0.15) is 5.56 Å². The molecule has 1 spiro atoms. The third-order valence-electron chi connectivity index (χ3n) is 4.82. The van der Waals surface area contributed by atoms with E-state index in [1.54, 1.807) is 17.1 Å². The van der Waals surface area contributed by atoms with Crippen molar-refractivity contribution < 1.29 is 14.3 Å². The van der Waals surface area contributed by atoms with Crippen LogP contribution in [-0.2, 0) is 20.7 Å². The van der Waals surface area contributed by atoms with Crippen LogP contribution in [-0.4, -0.2) is 24.0 Å². The molecule has 0 bridgehead atoms. The molecule has 4 rings (SSSR count). The number of carbonyl (C=O) groups is 2. The Morgan fingerprint density at radius 3 is 2.33 bits per heavy atom. The summed E-state index contributed by atoms with van der Waals surface area (Å²) in [5, 5.41) is 0. The number of para-hydroxylation sites is 1. The van der Waals surface area contributed by atoms with Crippen LogP contribution in [0.2, 0.25) is 0 Å². The van der Waals surface area contributed by atoms with E-state index in [-0.39, 0.29) is 17.6 Å². The standard InChI is InChI=1S/C22H18BrNO3/c23-18-8-6-16(7-9-18)14-17-15-27-22(12-10-20(25)11-13-22)24(21(17)26)19-4-2-1-3-5-19/h1-13,17H,14-15H2. The molecule has 2 aliphatic rings. The van der Waals surface area contributed by atoms with E-state index < -0.39 is 5.72 Å². The van der Waals surface area contributed by atoms with Gasteiger partial charge in [-0.3, -0.25) is 14.5 Å². The molecule has 5 heteroatoms. The number of hydrogen-bond donors (Lipinski definition) is 0. The van der Waals surface area contributed by atoms with Crippen molar-refractivity contribution in [3.05, 3.63) is 88.9 Å². The average molecular weight is 424 g/mol. The second kappa shape index (κ2) is 7.25. The van der Waals surface area contributed by atoms with Crippen molar-refractivity contribution in [2.75, 3.05) is 11.5 Å². The SMILES string of the molecule is O=C1C=CC2(C=C1)OCC(Cc1ccc(Br)cc1)C(=O)N2c1ccccc1. The van der Waals surface area contributed by atoms with E-state index in [9.17, 15) is 9.59 Å². The molecular formula is C22H18BrNO3. The lowest BCUT2D eigenvalue weighted by atomic mass is 9.92. The summed E-state index contributed by atoms with van der Waals surface area (Å²) in [4.78, 5) is 26.7. The van der Waals surface area contributed by atoms with Gasteiger partial charge in [0.15, 0.2) is 11.5 Å². The van der Waals surface area contributed by atoms with E-state index in [1.807, 2.05) is 54.6 Å². The number of ketones is 1.